The van der Waals surface area contributed by atoms with Crippen LogP contribution in [0.15, 0.2) is 16.8 Å². The van der Waals surface area contributed by atoms with Crippen LogP contribution in [0.25, 0.3) is 0 Å². The van der Waals surface area contributed by atoms with Crippen LogP contribution < -0.4 is 5.32 Å². The van der Waals surface area contributed by atoms with E-state index in [0.717, 1.165) is 18.7 Å². The fourth-order valence-electron chi connectivity index (χ4n) is 1.41. The highest BCUT2D eigenvalue weighted by atomic mass is 32.2. The largest absolute Gasteiger partial charge is 0.356 e. The third kappa shape index (κ3) is 5.56. The topological polar surface area (TPSA) is 29.1 Å². The van der Waals surface area contributed by atoms with E-state index in [2.05, 4.69) is 29.9 Å². The lowest BCUT2D eigenvalue weighted by Gasteiger charge is -2.10. The summed E-state index contributed by atoms with van der Waals surface area (Å²) in [6, 6.07) is 2.08. The molecule has 0 aliphatic rings. The third-order valence-corrected chi connectivity index (χ3v) is 3.95. The van der Waals surface area contributed by atoms with Gasteiger partial charge in [0.25, 0.3) is 0 Å². The van der Waals surface area contributed by atoms with Crippen molar-refractivity contribution in [1.29, 1.82) is 0 Å². The highest BCUT2D eigenvalue weighted by Crippen LogP contribution is 2.08. The van der Waals surface area contributed by atoms with Crippen LogP contribution in [0, 0.1) is 5.92 Å². The van der Waals surface area contributed by atoms with Gasteiger partial charge in [0.05, 0.1) is 0 Å². The van der Waals surface area contributed by atoms with E-state index in [1.165, 1.54) is 5.56 Å². The molecule has 2 nitrogen and oxygen atoms in total. The van der Waals surface area contributed by atoms with Crippen LogP contribution in [-0.2, 0) is 11.2 Å². The zero-order chi connectivity index (χ0) is 11.8. The highest BCUT2D eigenvalue weighted by Gasteiger charge is 2.05. The molecule has 0 aliphatic heterocycles. The van der Waals surface area contributed by atoms with E-state index in [1.54, 1.807) is 11.3 Å². The Labute approximate surface area is 106 Å². The summed E-state index contributed by atoms with van der Waals surface area (Å²) in [5.74, 6) is 1.82. The molecule has 0 radical (unpaired) electrons. The third-order valence-electron chi connectivity index (χ3n) is 2.32. The molecule has 90 valence electrons. The molecule has 1 unspecified atom stereocenters. The Bertz CT molecular complexity index is 298. The fourth-order valence-corrected chi connectivity index (χ4v) is 2.80. The summed E-state index contributed by atoms with van der Waals surface area (Å²) in [4.78, 5) is 11.5. The highest BCUT2D eigenvalue weighted by molar-refractivity contribution is 7.98. The first-order valence-electron chi connectivity index (χ1n) is 5.49. The normalized spacial score (nSPS) is 12.4. The van der Waals surface area contributed by atoms with Crippen molar-refractivity contribution in [3.8, 4) is 0 Å². The lowest BCUT2D eigenvalue weighted by molar-refractivity contribution is -0.121. The van der Waals surface area contributed by atoms with Crippen molar-refractivity contribution in [1.82, 2.24) is 5.32 Å². The Morgan fingerprint density at radius 2 is 2.44 bits per heavy atom. The number of thioether (sulfide) groups is 1. The second-order valence-electron chi connectivity index (χ2n) is 4.00. The molecule has 0 aliphatic carbocycles. The number of carbonyl (C=O) groups excluding carboxylic acids is 1. The van der Waals surface area contributed by atoms with Gasteiger partial charge in [-0.3, -0.25) is 4.79 Å². The molecule has 1 rings (SSSR count). The van der Waals surface area contributed by atoms with Crippen LogP contribution in [0.2, 0.25) is 0 Å². The van der Waals surface area contributed by atoms with Crippen molar-refractivity contribution in [2.24, 2.45) is 5.92 Å². The molecule has 16 heavy (non-hydrogen) atoms. The Hall–Kier alpha value is -0.480. The molecule has 1 heterocycles. The molecule has 0 aromatic carbocycles. The zero-order valence-corrected chi connectivity index (χ0v) is 11.5. The molecule has 1 aromatic rings. The predicted octanol–water partition coefficient (Wildman–Crippen LogP) is 2.80. The minimum Gasteiger partial charge on any atom is -0.356 e. The first-order valence-corrected chi connectivity index (χ1v) is 7.82. The summed E-state index contributed by atoms with van der Waals surface area (Å²) in [5.41, 5.74) is 1.26. The van der Waals surface area contributed by atoms with Gasteiger partial charge in [-0.15, -0.1) is 0 Å². The van der Waals surface area contributed by atoms with Crippen molar-refractivity contribution in [2.45, 2.75) is 19.8 Å². The Kier molecular flexibility index (Phi) is 6.57. The van der Waals surface area contributed by atoms with Gasteiger partial charge >= 0.3 is 0 Å². The Morgan fingerprint density at radius 3 is 3.06 bits per heavy atom. The van der Waals surface area contributed by atoms with E-state index in [9.17, 15) is 4.79 Å². The van der Waals surface area contributed by atoms with Crippen LogP contribution in [0.5, 0.6) is 0 Å². The summed E-state index contributed by atoms with van der Waals surface area (Å²) in [6.45, 7) is 2.96. The van der Waals surface area contributed by atoms with E-state index in [-0.39, 0.29) is 5.91 Å². The molecule has 0 saturated carbocycles. The molecular weight excluding hydrogens is 238 g/mol. The van der Waals surface area contributed by atoms with Gasteiger partial charge in [0.15, 0.2) is 0 Å². The van der Waals surface area contributed by atoms with Crippen molar-refractivity contribution in [3.63, 3.8) is 0 Å². The van der Waals surface area contributed by atoms with Crippen molar-refractivity contribution in [2.75, 3.05) is 18.6 Å². The number of hydrogen-bond donors (Lipinski definition) is 1. The van der Waals surface area contributed by atoms with Gasteiger partial charge in [0.1, 0.15) is 0 Å². The van der Waals surface area contributed by atoms with Gasteiger partial charge in [-0.2, -0.15) is 23.1 Å². The molecule has 0 saturated heterocycles. The van der Waals surface area contributed by atoms with Crippen molar-refractivity contribution < 1.29 is 4.79 Å². The standard InChI is InChI=1S/C12H19NOS2/c1-10(8-15-2)7-13-12(14)4-3-11-5-6-16-9-11/h5-6,9-10H,3-4,7-8H2,1-2H3,(H,13,14). The lowest BCUT2D eigenvalue weighted by Crippen LogP contribution is -2.29. The van der Waals surface area contributed by atoms with Gasteiger partial charge in [-0.1, -0.05) is 6.92 Å². The van der Waals surface area contributed by atoms with Crippen LogP contribution in [0.4, 0.5) is 0 Å². The molecule has 0 bridgehead atoms. The molecule has 1 amide bonds. The van der Waals surface area contributed by atoms with E-state index in [0.29, 0.717) is 12.3 Å². The maximum atomic E-state index is 11.5. The van der Waals surface area contributed by atoms with Crippen LogP contribution in [-0.4, -0.2) is 24.5 Å². The van der Waals surface area contributed by atoms with Crippen molar-refractivity contribution >= 4 is 29.0 Å². The van der Waals surface area contributed by atoms with Crippen LogP contribution >= 0.6 is 23.1 Å². The smallest absolute Gasteiger partial charge is 0.220 e. The summed E-state index contributed by atoms with van der Waals surface area (Å²) >= 11 is 3.50. The second-order valence-corrected chi connectivity index (χ2v) is 5.69. The minimum atomic E-state index is 0.166. The van der Waals surface area contributed by atoms with Gasteiger partial charge in [0.2, 0.25) is 5.91 Å². The molecule has 4 heteroatoms. The first kappa shape index (κ1) is 13.6. The monoisotopic (exact) mass is 257 g/mol. The van der Waals surface area contributed by atoms with Gasteiger partial charge in [-0.25, -0.2) is 0 Å². The zero-order valence-electron chi connectivity index (χ0n) is 9.86. The van der Waals surface area contributed by atoms with Crippen LogP contribution in [0.3, 0.4) is 0 Å². The summed E-state index contributed by atoms with van der Waals surface area (Å²) in [6.07, 6.45) is 3.55. The van der Waals surface area contributed by atoms with E-state index < -0.39 is 0 Å². The molecule has 1 N–H and O–H groups in total. The molecule has 1 atom stereocenters. The average molecular weight is 257 g/mol. The van der Waals surface area contributed by atoms with Gasteiger partial charge in [0, 0.05) is 13.0 Å². The molecule has 1 aromatic heterocycles. The number of thiophene rings is 1. The number of aryl methyl sites for hydroxylation is 1. The quantitative estimate of drug-likeness (QED) is 0.814. The molecule has 0 spiro atoms. The van der Waals surface area contributed by atoms with E-state index in [4.69, 9.17) is 0 Å². The SMILES string of the molecule is CSCC(C)CNC(=O)CCc1ccsc1. The number of nitrogens with one attached hydrogen (secondary N) is 1. The molecular formula is C12H19NOS2. The van der Waals surface area contributed by atoms with Crippen LogP contribution in [0.1, 0.15) is 18.9 Å². The summed E-state index contributed by atoms with van der Waals surface area (Å²) in [5, 5.41) is 7.13. The first-order chi connectivity index (χ1) is 7.72. The second kappa shape index (κ2) is 7.74. The lowest BCUT2D eigenvalue weighted by atomic mass is 10.2. The number of hydrogen-bond acceptors (Lipinski definition) is 3. The Morgan fingerprint density at radius 1 is 1.62 bits per heavy atom. The fraction of sp³-hybridized carbons (Fsp3) is 0.583. The van der Waals surface area contributed by atoms with E-state index in [1.807, 2.05) is 17.1 Å². The van der Waals surface area contributed by atoms with E-state index >= 15 is 0 Å². The maximum Gasteiger partial charge on any atom is 0.220 e. The number of carbonyl (C=O) groups is 1. The van der Waals surface area contributed by atoms with Gasteiger partial charge < -0.3 is 5.32 Å². The minimum absolute atomic E-state index is 0.166. The average Bonchev–Trinajstić information content (AvgIpc) is 2.77. The number of amides is 1. The maximum absolute atomic E-state index is 11.5. The predicted molar refractivity (Wildman–Crippen MR) is 73.2 cm³/mol. The summed E-state index contributed by atoms with van der Waals surface area (Å²) < 4.78 is 0. The number of rotatable bonds is 7. The van der Waals surface area contributed by atoms with Gasteiger partial charge in [-0.05, 0) is 46.7 Å². The molecule has 0 fully saturated rings. The Balaban J connectivity index is 2.11. The summed E-state index contributed by atoms with van der Waals surface area (Å²) in [7, 11) is 0. The van der Waals surface area contributed by atoms with Crippen molar-refractivity contribution in [3.05, 3.63) is 22.4 Å².